The maximum atomic E-state index is 9.64. The van der Waals surface area contributed by atoms with Crippen molar-refractivity contribution in [1.82, 2.24) is 0 Å². The lowest BCUT2D eigenvalue weighted by Crippen LogP contribution is -2.06. The zero-order valence-corrected chi connectivity index (χ0v) is 10.0. The molecule has 1 aliphatic carbocycles. The average Bonchev–Trinajstić information content (AvgIpc) is 2.57. The van der Waals surface area contributed by atoms with E-state index in [0.717, 1.165) is 12.3 Å². The van der Waals surface area contributed by atoms with Crippen LogP contribution in [0.4, 0.5) is 0 Å². The summed E-state index contributed by atoms with van der Waals surface area (Å²) < 4.78 is 0. The van der Waals surface area contributed by atoms with Crippen molar-refractivity contribution < 1.29 is 5.11 Å². The standard InChI is InChI=1S/C13H24O/c1-10(2)6-5-7-11(3)8-12-9-13(12,4)14/h6,11-12,14H,5,7-9H2,1-4H3/t11-,12+,13+/m0/s1. The quantitative estimate of drug-likeness (QED) is 0.667. The minimum atomic E-state index is -0.329. The molecular formula is C13H24O. The van der Waals surface area contributed by atoms with Gasteiger partial charge in [-0.1, -0.05) is 18.6 Å². The van der Waals surface area contributed by atoms with Crippen LogP contribution in [0.15, 0.2) is 11.6 Å². The summed E-state index contributed by atoms with van der Waals surface area (Å²) in [6.45, 7) is 8.56. The molecule has 1 nitrogen and oxygen atoms in total. The van der Waals surface area contributed by atoms with Gasteiger partial charge in [0.25, 0.3) is 0 Å². The van der Waals surface area contributed by atoms with Gasteiger partial charge in [-0.15, -0.1) is 0 Å². The Kier molecular flexibility index (Phi) is 3.77. The first-order chi connectivity index (χ1) is 6.42. The predicted molar refractivity (Wildman–Crippen MR) is 61.2 cm³/mol. The molecule has 0 aliphatic heterocycles. The van der Waals surface area contributed by atoms with Crippen molar-refractivity contribution in [3.05, 3.63) is 11.6 Å². The SMILES string of the molecule is CC(C)=CCC[C@H](C)C[C@@H]1C[C@@]1(C)O. The molecule has 0 bridgehead atoms. The molecule has 0 spiro atoms. The zero-order valence-electron chi connectivity index (χ0n) is 10.0. The number of aliphatic hydroxyl groups is 1. The Bertz CT molecular complexity index is 211. The summed E-state index contributed by atoms with van der Waals surface area (Å²) in [7, 11) is 0. The molecule has 14 heavy (non-hydrogen) atoms. The largest absolute Gasteiger partial charge is 0.390 e. The first-order valence-electron chi connectivity index (χ1n) is 5.77. The van der Waals surface area contributed by atoms with Gasteiger partial charge in [0.1, 0.15) is 0 Å². The summed E-state index contributed by atoms with van der Waals surface area (Å²) in [6.07, 6.45) is 6.97. The Labute approximate surface area is 88.2 Å². The second-order valence-electron chi connectivity index (χ2n) is 5.46. The summed E-state index contributed by atoms with van der Waals surface area (Å²) >= 11 is 0. The summed E-state index contributed by atoms with van der Waals surface area (Å²) in [4.78, 5) is 0. The zero-order chi connectivity index (χ0) is 10.8. The molecule has 1 rings (SSSR count). The molecule has 1 heteroatoms. The molecule has 1 N–H and O–H groups in total. The second-order valence-corrected chi connectivity index (χ2v) is 5.46. The highest BCUT2D eigenvalue weighted by Crippen LogP contribution is 2.47. The molecule has 0 aromatic heterocycles. The first kappa shape index (κ1) is 11.8. The monoisotopic (exact) mass is 196 g/mol. The van der Waals surface area contributed by atoms with Gasteiger partial charge in [-0.2, -0.15) is 0 Å². The molecule has 0 amide bonds. The fourth-order valence-corrected chi connectivity index (χ4v) is 2.04. The fourth-order valence-electron chi connectivity index (χ4n) is 2.04. The Morgan fingerprint density at radius 1 is 1.57 bits per heavy atom. The van der Waals surface area contributed by atoms with Gasteiger partial charge >= 0.3 is 0 Å². The van der Waals surface area contributed by atoms with E-state index in [1.165, 1.54) is 24.8 Å². The van der Waals surface area contributed by atoms with E-state index in [0.29, 0.717) is 5.92 Å². The van der Waals surface area contributed by atoms with Crippen LogP contribution in [0.3, 0.4) is 0 Å². The van der Waals surface area contributed by atoms with Crippen LogP contribution < -0.4 is 0 Å². The van der Waals surface area contributed by atoms with E-state index in [4.69, 9.17) is 0 Å². The number of hydrogen-bond donors (Lipinski definition) is 1. The summed E-state index contributed by atoms with van der Waals surface area (Å²) in [6, 6.07) is 0. The van der Waals surface area contributed by atoms with Gasteiger partial charge in [0, 0.05) is 0 Å². The van der Waals surface area contributed by atoms with Gasteiger partial charge in [-0.3, -0.25) is 0 Å². The van der Waals surface area contributed by atoms with E-state index in [9.17, 15) is 5.11 Å². The minimum Gasteiger partial charge on any atom is -0.390 e. The van der Waals surface area contributed by atoms with Gasteiger partial charge in [0.15, 0.2) is 0 Å². The van der Waals surface area contributed by atoms with Crippen molar-refractivity contribution in [2.45, 2.75) is 59.0 Å². The Hall–Kier alpha value is -0.300. The van der Waals surface area contributed by atoms with E-state index in [1.54, 1.807) is 0 Å². The summed E-state index contributed by atoms with van der Waals surface area (Å²) in [5.74, 6) is 1.33. The van der Waals surface area contributed by atoms with Crippen molar-refractivity contribution in [2.24, 2.45) is 11.8 Å². The van der Waals surface area contributed by atoms with Crippen LogP contribution in [0.25, 0.3) is 0 Å². The molecule has 0 aromatic rings. The van der Waals surface area contributed by atoms with E-state index >= 15 is 0 Å². The molecule has 3 atom stereocenters. The lowest BCUT2D eigenvalue weighted by molar-refractivity contribution is 0.145. The van der Waals surface area contributed by atoms with Crippen molar-refractivity contribution >= 4 is 0 Å². The highest BCUT2D eigenvalue weighted by molar-refractivity contribution is 5.00. The van der Waals surface area contributed by atoms with Gasteiger partial charge in [0.05, 0.1) is 5.60 Å². The van der Waals surface area contributed by atoms with Gasteiger partial charge in [-0.05, 0) is 58.3 Å². The normalized spacial score (nSPS) is 32.5. The highest BCUT2D eigenvalue weighted by atomic mass is 16.3. The summed E-state index contributed by atoms with van der Waals surface area (Å²) in [5, 5.41) is 9.64. The Morgan fingerprint density at radius 2 is 2.14 bits per heavy atom. The number of allylic oxidation sites excluding steroid dienone is 2. The molecule has 82 valence electrons. The smallest absolute Gasteiger partial charge is 0.0652 e. The van der Waals surface area contributed by atoms with Crippen molar-refractivity contribution in [2.75, 3.05) is 0 Å². The topological polar surface area (TPSA) is 20.2 Å². The van der Waals surface area contributed by atoms with Crippen LogP contribution in [0.2, 0.25) is 0 Å². The third-order valence-electron chi connectivity index (χ3n) is 3.28. The lowest BCUT2D eigenvalue weighted by Gasteiger charge is -2.10. The van der Waals surface area contributed by atoms with Crippen LogP contribution in [-0.2, 0) is 0 Å². The summed E-state index contributed by atoms with van der Waals surface area (Å²) in [5.41, 5.74) is 1.08. The second kappa shape index (κ2) is 4.48. The van der Waals surface area contributed by atoms with E-state index in [2.05, 4.69) is 26.8 Å². The minimum absolute atomic E-state index is 0.329. The van der Waals surface area contributed by atoms with Crippen LogP contribution in [0, 0.1) is 11.8 Å². The Balaban J connectivity index is 2.11. The van der Waals surface area contributed by atoms with Gasteiger partial charge < -0.3 is 5.11 Å². The molecule has 0 radical (unpaired) electrons. The predicted octanol–water partition coefficient (Wildman–Crippen LogP) is 3.53. The molecule has 1 saturated carbocycles. The average molecular weight is 196 g/mol. The molecular weight excluding hydrogens is 172 g/mol. The van der Waals surface area contributed by atoms with E-state index < -0.39 is 0 Å². The number of rotatable bonds is 5. The lowest BCUT2D eigenvalue weighted by atomic mass is 9.97. The van der Waals surface area contributed by atoms with Gasteiger partial charge in [-0.25, -0.2) is 0 Å². The molecule has 0 aromatic carbocycles. The third-order valence-corrected chi connectivity index (χ3v) is 3.28. The fraction of sp³-hybridized carbons (Fsp3) is 0.846. The molecule has 0 heterocycles. The third kappa shape index (κ3) is 3.83. The molecule has 1 aliphatic rings. The van der Waals surface area contributed by atoms with E-state index in [-0.39, 0.29) is 5.60 Å². The van der Waals surface area contributed by atoms with Crippen LogP contribution in [0.5, 0.6) is 0 Å². The molecule has 0 unspecified atom stereocenters. The van der Waals surface area contributed by atoms with Crippen molar-refractivity contribution in [3.8, 4) is 0 Å². The Morgan fingerprint density at radius 3 is 2.57 bits per heavy atom. The van der Waals surface area contributed by atoms with Crippen molar-refractivity contribution in [3.63, 3.8) is 0 Å². The first-order valence-corrected chi connectivity index (χ1v) is 5.77. The van der Waals surface area contributed by atoms with Crippen LogP contribution in [-0.4, -0.2) is 10.7 Å². The molecule has 0 saturated heterocycles. The molecule has 1 fully saturated rings. The van der Waals surface area contributed by atoms with Crippen molar-refractivity contribution in [1.29, 1.82) is 0 Å². The maximum absolute atomic E-state index is 9.64. The van der Waals surface area contributed by atoms with Crippen LogP contribution in [0.1, 0.15) is 53.4 Å². The van der Waals surface area contributed by atoms with Crippen LogP contribution >= 0.6 is 0 Å². The number of hydrogen-bond acceptors (Lipinski definition) is 1. The van der Waals surface area contributed by atoms with Gasteiger partial charge in [0.2, 0.25) is 0 Å². The van der Waals surface area contributed by atoms with E-state index in [1.807, 2.05) is 6.92 Å². The maximum Gasteiger partial charge on any atom is 0.0652 e. The highest BCUT2D eigenvalue weighted by Gasteiger charge is 2.48.